The number of allylic oxidation sites excluding steroid dienone is 1. The van der Waals surface area contributed by atoms with E-state index in [1.165, 1.54) is 0 Å². The molecule has 0 rings (SSSR count). The Bertz CT molecular complexity index is 565. The van der Waals surface area contributed by atoms with E-state index in [1.54, 1.807) is 6.58 Å². The fraction of sp³-hybridized carbons (Fsp3) is 0.818. The zero-order valence-corrected chi connectivity index (χ0v) is 12.3. The summed E-state index contributed by atoms with van der Waals surface area (Å²) in [5.74, 6) is -61.0. The number of rotatable bonds is 8. The van der Waals surface area contributed by atoms with Gasteiger partial charge in [0.15, 0.2) is 0 Å². The van der Waals surface area contributed by atoms with Crippen molar-refractivity contribution in [2.24, 2.45) is 0 Å². The van der Waals surface area contributed by atoms with Gasteiger partial charge in [-0.2, -0.15) is 70.2 Å². The van der Waals surface area contributed by atoms with Gasteiger partial charge in [-0.1, -0.05) is 6.58 Å². The lowest BCUT2D eigenvalue weighted by Gasteiger charge is -2.43. The Balaban J connectivity index is 6.69. The van der Waals surface area contributed by atoms with Gasteiger partial charge in [-0.3, -0.25) is 0 Å². The summed E-state index contributed by atoms with van der Waals surface area (Å²) in [5.41, 5.74) is 0. The van der Waals surface area contributed by atoms with Crippen molar-refractivity contribution in [2.75, 3.05) is 0 Å². The molecule has 0 fully saturated rings. The monoisotopic (exact) mass is 441 g/mol. The summed E-state index contributed by atoms with van der Waals surface area (Å²) in [6.45, 7) is 0.483. The van der Waals surface area contributed by atoms with E-state index in [4.69, 9.17) is 0 Å². The van der Waals surface area contributed by atoms with E-state index < -0.39 is 54.3 Å². The highest BCUT2D eigenvalue weighted by molar-refractivity contribution is 5.16. The number of hydrogen-bond acceptors (Lipinski definition) is 0. The molecule has 0 aromatic heterocycles. The first kappa shape index (κ1) is 25.6. The smallest absolute Gasteiger partial charge is 0.200 e. The second kappa shape index (κ2) is 6.06. The Morgan fingerprint density at radius 3 is 0.889 bits per heavy atom. The third kappa shape index (κ3) is 3.02. The molecule has 0 unspecified atom stereocenters. The van der Waals surface area contributed by atoms with E-state index in [9.17, 15) is 70.2 Å². The second-order valence-electron chi connectivity index (χ2n) is 5.09. The third-order valence-corrected chi connectivity index (χ3v) is 3.14. The predicted octanol–water partition coefficient (Wildman–Crippen LogP) is 6.08. The van der Waals surface area contributed by atoms with E-state index in [2.05, 4.69) is 0 Å². The molecule has 1 radical (unpaired) electrons. The molecule has 0 bridgehead atoms. The van der Waals surface area contributed by atoms with Crippen molar-refractivity contribution in [3.8, 4) is 0 Å². The molecule has 0 aliphatic heterocycles. The Labute approximate surface area is 138 Å². The van der Waals surface area contributed by atoms with Crippen LogP contribution in [0.1, 0.15) is 6.92 Å². The fourth-order valence-corrected chi connectivity index (χ4v) is 1.37. The van der Waals surface area contributed by atoms with E-state index in [0.717, 1.165) is 0 Å². The van der Waals surface area contributed by atoms with Crippen LogP contribution in [0.25, 0.3) is 0 Å². The second-order valence-corrected chi connectivity index (χ2v) is 5.09. The first-order chi connectivity index (χ1) is 11.3. The van der Waals surface area contributed by atoms with Crippen molar-refractivity contribution in [1.29, 1.82) is 0 Å². The molecular weight excluding hydrogens is 436 g/mol. The molecule has 0 heterocycles. The molecule has 0 saturated carbocycles. The highest BCUT2D eigenvalue weighted by atomic mass is 19.4. The molecule has 0 saturated heterocycles. The lowest BCUT2D eigenvalue weighted by atomic mass is 9.88. The maximum atomic E-state index is 13.1. The van der Waals surface area contributed by atoms with E-state index >= 15 is 0 Å². The van der Waals surface area contributed by atoms with Crippen LogP contribution >= 0.6 is 0 Å². The van der Waals surface area contributed by atoms with Crippen molar-refractivity contribution < 1.29 is 70.2 Å². The highest BCUT2D eigenvalue weighted by Gasteiger charge is 2.94. The van der Waals surface area contributed by atoms with Crippen molar-refractivity contribution in [1.82, 2.24) is 0 Å². The predicted molar refractivity (Wildman–Crippen MR) is 54.1 cm³/mol. The molecule has 0 aromatic rings. The van der Waals surface area contributed by atoms with Crippen LogP contribution in [0.5, 0.6) is 0 Å². The molecule has 0 aromatic carbocycles. The molecule has 0 spiro atoms. The highest BCUT2D eigenvalue weighted by Crippen LogP contribution is 2.63. The first-order valence-electron chi connectivity index (χ1n) is 5.88. The zero-order chi connectivity index (χ0) is 22.7. The van der Waals surface area contributed by atoms with E-state index in [-0.39, 0.29) is 6.08 Å². The minimum Gasteiger partial charge on any atom is -0.200 e. The molecule has 0 nitrogen and oxygen atoms in total. The summed E-state index contributed by atoms with van der Waals surface area (Å²) in [6.07, 6.45) is -0.243. The van der Waals surface area contributed by atoms with Crippen molar-refractivity contribution >= 4 is 0 Å². The number of halogens is 16. The maximum absolute atomic E-state index is 13.1. The van der Waals surface area contributed by atoms with Crippen LogP contribution in [0.2, 0.25) is 0 Å². The number of hydrogen-bond donors (Lipinski definition) is 0. The molecule has 27 heavy (non-hydrogen) atoms. The Morgan fingerprint density at radius 2 is 0.667 bits per heavy atom. The molecule has 0 amide bonds. The van der Waals surface area contributed by atoms with Gasteiger partial charge >= 0.3 is 47.4 Å². The van der Waals surface area contributed by atoms with Gasteiger partial charge in [-0.25, -0.2) is 0 Å². The van der Waals surface area contributed by atoms with Crippen LogP contribution in [0.3, 0.4) is 0 Å². The van der Waals surface area contributed by atoms with Crippen molar-refractivity contribution in [2.45, 2.75) is 54.3 Å². The molecule has 0 aliphatic rings. The summed E-state index contributed by atoms with van der Waals surface area (Å²) < 4.78 is 206. The third-order valence-electron chi connectivity index (χ3n) is 3.14. The molecular formula is C11H5F16. The topological polar surface area (TPSA) is 0 Å². The first-order valence-corrected chi connectivity index (χ1v) is 5.88. The van der Waals surface area contributed by atoms with Gasteiger partial charge in [0, 0.05) is 13.0 Å². The van der Waals surface area contributed by atoms with Crippen molar-refractivity contribution in [3.63, 3.8) is 0 Å². The molecule has 0 N–H and O–H groups in total. The van der Waals surface area contributed by atoms with Crippen LogP contribution in [0, 0.1) is 6.08 Å². The molecule has 0 aliphatic carbocycles. The average Bonchev–Trinajstić information content (AvgIpc) is 2.44. The number of alkyl halides is 16. The van der Waals surface area contributed by atoms with Crippen LogP contribution in [0.4, 0.5) is 70.2 Å². The van der Waals surface area contributed by atoms with Crippen molar-refractivity contribution in [3.05, 3.63) is 12.7 Å². The minimum atomic E-state index is -8.39. The van der Waals surface area contributed by atoms with Gasteiger partial charge in [0.25, 0.3) is 0 Å². The zero-order valence-electron chi connectivity index (χ0n) is 12.3. The average molecular weight is 441 g/mol. The van der Waals surface area contributed by atoms with E-state index in [1.807, 2.05) is 0 Å². The normalized spacial score (nSPS) is 16.5. The van der Waals surface area contributed by atoms with Gasteiger partial charge in [0.2, 0.25) is 0 Å². The van der Waals surface area contributed by atoms with E-state index in [0.29, 0.717) is 0 Å². The van der Waals surface area contributed by atoms with Gasteiger partial charge < -0.3 is 0 Å². The SMILES string of the molecule is C=[C]C(F)(F)C(F)(F)C(F)(F)C(F)(F)C(F)(F)C(F)(F)C(F)(F)C(C)(F)F. The molecule has 0 atom stereocenters. The summed E-state index contributed by atoms with van der Waals surface area (Å²) in [4.78, 5) is 0. The van der Waals surface area contributed by atoms with Crippen LogP contribution in [-0.2, 0) is 0 Å². The summed E-state index contributed by atoms with van der Waals surface area (Å²) in [6, 6.07) is 0. The van der Waals surface area contributed by atoms with Gasteiger partial charge in [0.1, 0.15) is 0 Å². The molecule has 161 valence electrons. The van der Waals surface area contributed by atoms with Crippen LogP contribution in [-0.4, -0.2) is 47.4 Å². The summed E-state index contributed by atoms with van der Waals surface area (Å²) in [7, 11) is 0. The lowest BCUT2D eigenvalue weighted by Crippen LogP contribution is -2.74. The standard InChI is InChI=1S/C11H5F16/c1-3-5(14,15)7(18,19)9(22,23)11(26,27)10(24,25)8(20,21)6(16,17)4(2,12)13/h1H2,2H3. The Kier molecular flexibility index (Phi) is 5.75. The van der Waals surface area contributed by atoms with Crippen LogP contribution in [0.15, 0.2) is 6.58 Å². The Morgan fingerprint density at radius 1 is 0.444 bits per heavy atom. The quantitative estimate of drug-likeness (QED) is 0.401. The fourth-order valence-electron chi connectivity index (χ4n) is 1.37. The summed E-state index contributed by atoms with van der Waals surface area (Å²) in [5, 5.41) is 0. The Hall–Kier alpha value is -1.38. The van der Waals surface area contributed by atoms with Gasteiger partial charge in [0.05, 0.1) is 0 Å². The lowest BCUT2D eigenvalue weighted by molar-refractivity contribution is -0.450. The molecule has 16 heteroatoms. The minimum absolute atomic E-state index is 0.243. The van der Waals surface area contributed by atoms with Gasteiger partial charge in [-0.15, -0.1) is 0 Å². The van der Waals surface area contributed by atoms with Gasteiger partial charge in [-0.05, 0) is 0 Å². The largest absolute Gasteiger partial charge is 0.385 e. The summed E-state index contributed by atoms with van der Waals surface area (Å²) >= 11 is 0. The van der Waals surface area contributed by atoms with Crippen LogP contribution < -0.4 is 0 Å². The maximum Gasteiger partial charge on any atom is 0.385 e.